The zero-order valence-corrected chi connectivity index (χ0v) is 19.6. The highest BCUT2D eigenvalue weighted by Gasteiger charge is 2.33. The van der Waals surface area contributed by atoms with Crippen LogP contribution in [0.5, 0.6) is 0 Å². The second-order valence-corrected chi connectivity index (χ2v) is 10.4. The number of esters is 1. The van der Waals surface area contributed by atoms with Crippen LogP contribution >= 0.6 is 23.2 Å². The fraction of sp³-hybridized carbons (Fsp3) is 0.364. The Hall–Kier alpha value is -1.93. The lowest BCUT2D eigenvalue weighted by atomic mass is 9.98. The van der Waals surface area contributed by atoms with E-state index in [1.54, 1.807) is 18.2 Å². The van der Waals surface area contributed by atoms with Gasteiger partial charge < -0.3 is 4.74 Å². The molecule has 1 heterocycles. The molecule has 0 radical (unpaired) electrons. The van der Waals surface area contributed by atoms with Crippen molar-refractivity contribution in [2.45, 2.75) is 31.6 Å². The highest BCUT2D eigenvalue weighted by molar-refractivity contribution is 7.89. The van der Waals surface area contributed by atoms with Crippen LogP contribution in [0.2, 0.25) is 10.0 Å². The van der Waals surface area contributed by atoms with Crippen molar-refractivity contribution >= 4 is 45.0 Å². The summed E-state index contributed by atoms with van der Waals surface area (Å²) < 4.78 is 32.4. The fourth-order valence-electron chi connectivity index (χ4n) is 3.40. The first kappa shape index (κ1) is 23.7. The highest BCUT2D eigenvalue weighted by Crippen LogP contribution is 2.26. The van der Waals surface area contributed by atoms with Gasteiger partial charge in [-0.3, -0.25) is 9.59 Å². The topological polar surface area (TPSA) is 80.8 Å². The number of piperidine rings is 1. The van der Waals surface area contributed by atoms with Gasteiger partial charge in [0.2, 0.25) is 15.8 Å². The molecule has 31 heavy (non-hydrogen) atoms. The van der Waals surface area contributed by atoms with E-state index in [1.165, 1.54) is 22.5 Å². The number of ketones is 1. The molecule has 0 atom stereocenters. The number of ether oxygens (including phenoxy) is 1. The van der Waals surface area contributed by atoms with Crippen molar-refractivity contribution in [1.82, 2.24) is 4.31 Å². The van der Waals surface area contributed by atoms with E-state index in [-0.39, 0.29) is 28.6 Å². The predicted molar refractivity (Wildman–Crippen MR) is 119 cm³/mol. The van der Waals surface area contributed by atoms with Crippen LogP contribution in [0.25, 0.3) is 0 Å². The molecule has 0 saturated carbocycles. The Morgan fingerprint density at radius 2 is 1.71 bits per heavy atom. The Labute approximate surface area is 192 Å². The zero-order valence-electron chi connectivity index (χ0n) is 17.2. The van der Waals surface area contributed by atoms with E-state index in [0.29, 0.717) is 17.9 Å². The van der Waals surface area contributed by atoms with E-state index in [1.807, 2.05) is 13.8 Å². The van der Waals surface area contributed by atoms with Crippen LogP contribution in [-0.4, -0.2) is 44.2 Å². The fourth-order valence-corrected chi connectivity index (χ4v) is 5.47. The smallest absolute Gasteiger partial charge is 0.309 e. The van der Waals surface area contributed by atoms with Crippen molar-refractivity contribution in [3.63, 3.8) is 0 Å². The van der Waals surface area contributed by atoms with E-state index >= 15 is 0 Å². The number of halogens is 2. The summed E-state index contributed by atoms with van der Waals surface area (Å²) >= 11 is 11.8. The average Bonchev–Trinajstić information content (AvgIpc) is 2.73. The summed E-state index contributed by atoms with van der Waals surface area (Å²) in [7, 11) is -3.62. The molecule has 0 spiro atoms. The maximum atomic E-state index is 12.9. The van der Waals surface area contributed by atoms with Gasteiger partial charge in [-0.05, 0) is 68.1 Å². The Kier molecular flexibility index (Phi) is 7.42. The molecular formula is C22H23Cl2NO5S. The van der Waals surface area contributed by atoms with Crippen LogP contribution in [0.3, 0.4) is 0 Å². The van der Waals surface area contributed by atoms with Gasteiger partial charge in [0.1, 0.15) is 0 Å². The van der Waals surface area contributed by atoms with Crippen molar-refractivity contribution in [2.75, 3.05) is 19.7 Å². The van der Waals surface area contributed by atoms with Gasteiger partial charge in [0.25, 0.3) is 0 Å². The summed E-state index contributed by atoms with van der Waals surface area (Å²) in [6.45, 7) is 3.79. The molecule has 6 nitrogen and oxygen atoms in total. The van der Waals surface area contributed by atoms with Gasteiger partial charge in [-0.15, -0.1) is 0 Å². The summed E-state index contributed by atoms with van der Waals surface area (Å²) in [5.74, 6) is -1.40. The van der Waals surface area contributed by atoms with Crippen molar-refractivity contribution < 1.29 is 22.7 Å². The maximum Gasteiger partial charge on any atom is 0.309 e. The van der Waals surface area contributed by atoms with E-state index in [2.05, 4.69) is 0 Å². The number of nitrogens with zero attached hydrogens (tertiary/aromatic N) is 1. The molecule has 0 bridgehead atoms. The largest absolute Gasteiger partial charge is 0.457 e. The third-order valence-electron chi connectivity index (χ3n) is 5.48. The van der Waals surface area contributed by atoms with E-state index in [9.17, 15) is 18.0 Å². The summed E-state index contributed by atoms with van der Waals surface area (Å²) in [5.41, 5.74) is 2.16. The van der Waals surface area contributed by atoms with Gasteiger partial charge in [0.05, 0.1) is 15.8 Å². The number of sulfonamides is 1. The van der Waals surface area contributed by atoms with Crippen LogP contribution < -0.4 is 0 Å². The minimum absolute atomic E-state index is 0.193. The second kappa shape index (κ2) is 9.69. The molecule has 0 N–H and O–H groups in total. The van der Waals surface area contributed by atoms with Crippen LogP contribution in [0.4, 0.5) is 0 Å². The molecule has 1 aliphatic rings. The van der Waals surface area contributed by atoms with E-state index < -0.39 is 34.3 Å². The molecule has 2 aromatic carbocycles. The molecule has 1 aliphatic heterocycles. The van der Waals surface area contributed by atoms with Crippen molar-refractivity contribution in [2.24, 2.45) is 5.92 Å². The molecule has 0 aromatic heterocycles. The van der Waals surface area contributed by atoms with Gasteiger partial charge in [-0.2, -0.15) is 4.31 Å². The first-order chi connectivity index (χ1) is 14.6. The first-order valence-electron chi connectivity index (χ1n) is 9.82. The summed E-state index contributed by atoms with van der Waals surface area (Å²) in [5, 5.41) is 0.597. The Morgan fingerprint density at radius 3 is 2.32 bits per heavy atom. The third-order valence-corrected chi connectivity index (χ3v) is 7.92. The van der Waals surface area contributed by atoms with Crippen LogP contribution in [0, 0.1) is 19.8 Å². The summed E-state index contributed by atoms with van der Waals surface area (Å²) in [6, 6.07) is 9.52. The number of aryl methyl sites for hydroxylation is 2. The number of carbonyl (C=O) groups excluding carboxylic acids is 2. The van der Waals surface area contributed by atoms with Gasteiger partial charge in [0, 0.05) is 23.7 Å². The molecule has 0 unspecified atom stereocenters. The molecule has 9 heteroatoms. The molecule has 2 aromatic rings. The zero-order chi connectivity index (χ0) is 22.8. The number of rotatable bonds is 6. The number of carbonyl (C=O) groups is 2. The lowest BCUT2D eigenvalue weighted by molar-refractivity contribution is -0.148. The monoisotopic (exact) mass is 483 g/mol. The molecule has 0 aliphatic carbocycles. The van der Waals surface area contributed by atoms with Crippen molar-refractivity contribution in [1.29, 1.82) is 0 Å². The molecule has 3 rings (SSSR count). The Bertz CT molecular complexity index is 1110. The minimum atomic E-state index is -3.62. The molecule has 1 fully saturated rings. The quantitative estimate of drug-likeness (QED) is 0.448. The Balaban J connectivity index is 1.55. The van der Waals surface area contributed by atoms with Gasteiger partial charge >= 0.3 is 5.97 Å². The van der Waals surface area contributed by atoms with E-state index in [4.69, 9.17) is 27.9 Å². The number of hydrogen-bond acceptors (Lipinski definition) is 5. The normalized spacial score (nSPS) is 15.6. The molecule has 1 saturated heterocycles. The molecule has 0 amide bonds. The predicted octanol–water partition coefficient (Wildman–Crippen LogP) is 4.44. The molecule has 166 valence electrons. The lowest BCUT2D eigenvalue weighted by Crippen LogP contribution is -2.40. The van der Waals surface area contributed by atoms with Crippen LogP contribution in [0.1, 0.15) is 34.3 Å². The second-order valence-electron chi connectivity index (χ2n) is 7.58. The summed E-state index contributed by atoms with van der Waals surface area (Å²) in [6.07, 6.45) is 0.664. The number of benzene rings is 2. The van der Waals surface area contributed by atoms with Crippen molar-refractivity contribution in [3.8, 4) is 0 Å². The number of Topliss-reactive ketones (excluding diaryl/α,β-unsaturated/α-hetero) is 1. The van der Waals surface area contributed by atoms with Crippen LogP contribution in [-0.2, 0) is 19.6 Å². The summed E-state index contributed by atoms with van der Waals surface area (Å²) in [4.78, 5) is 24.9. The Morgan fingerprint density at radius 1 is 1.03 bits per heavy atom. The van der Waals surface area contributed by atoms with Gasteiger partial charge in [0.15, 0.2) is 6.61 Å². The minimum Gasteiger partial charge on any atom is -0.457 e. The maximum absolute atomic E-state index is 12.9. The van der Waals surface area contributed by atoms with Gasteiger partial charge in [-0.25, -0.2) is 8.42 Å². The standard InChI is InChI=1S/C22H23Cl2NO5S/c1-14-3-5-18(11-15(14)2)31(28,29)25-9-7-16(8-10-25)22(27)30-13-21(26)19-6-4-17(23)12-20(19)24/h3-6,11-12,16H,7-10,13H2,1-2H3. The average molecular weight is 484 g/mol. The molecular weight excluding hydrogens is 461 g/mol. The van der Waals surface area contributed by atoms with E-state index in [0.717, 1.165) is 11.1 Å². The number of hydrogen-bond donors (Lipinski definition) is 0. The van der Waals surface area contributed by atoms with Gasteiger partial charge in [-0.1, -0.05) is 29.3 Å². The highest BCUT2D eigenvalue weighted by atomic mass is 35.5. The van der Waals surface area contributed by atoms with Crippen LogP contribution in [0.15, 0.2) is 41.3 Å². The van der Waals surface area contributed by atoms with Crippen molar-refractivity contribution in [3.05, 3.63) is 63.1 Å². The lowest BCUT2D eigenvalue weighted by Gasteiger charge is -2.30. The first-order valence-corrected chi connectivity index (χ1v) is 12.0. The third kappa shape index (κ3) is 5.47. The SMILES string of the molecule is Cc1ccc(S(=O)(=O)N2CCC(C(=O)OCC(=O)c3ccc(Cl)cc3Cl)CC2)cc1C.